The van der Waals surface area contributed by atoms with Gasteiger partial charge in [0.15, 0.2) is 0 Å². The molecule has 0 spiro atoms. The van der Waals surface area contributed by atoms with Gasteiger partial charge in [0, 0.05) is 20.3 Å². The molecule has 8 heteroatoms. The summed E-state index contributed by atoms with van der Waals surface area (Å²) in [5.74, 6) is 0.445. The number of rotatable bonds is 8. The number of tetrazole rings is 1. The first kappa shape index (κ1) is 20.7. The number of carbonyl (C=O) groups excluding carboxylic acids is 1. The third-order valence-electron chi connectivity index (χ3n) is 5.22. The van der Waals surface area contributed by atoms with Crippen molar-refractivity contribution >= 4 is 17.6 Å². The molecular formula is C23H26N6O2. The van der Waals surface area contributed by atoms with E-state index in [2.05, 4.69) is 58.1 Å². The number of nitrogens with zero attached hydrogens (tertiary/aromatic N) is 5. The minimum absolute atomic E-state index is 0.0960. The van der Waals surface area contributed by atoms with Gasteiger partial charge in [0.05, 0.1) is 5.70 Å². The smallest absolute Gasteiger partial charge is 0.251 e. The Morgan fingerprint density at radius 1 is 1.13 bits per heavy atom. The van der Waals surface area contributed by atoms with Crippen molar-refractivity contribution in [3.63, 3.8) is 0 Å². The number of allylic oxidation sites excluding steroid dienone is 1. The van der Waals surface area contributed by atoms with Crippen LogP contribution in [0.1, 0.15) is 29.2 Å². The Bertz CT molecular complexity index is 1050. The molecule has 0 fully saturated rings. The van der Waals surface area contributed by atoms with Crippen molar-refractivity contribution in [3.05, 3.63) is 77.4 Å². The highest BCUT2D eigenvalue weighted by molar-refractivity contribution is 5.89. The largest absolute Gasteiger partial charge is 0.385 e. The summed E-state index contributed by atoms with van der Waals surface area (Å²) in [6.07, 6.45) is 2.87. The first-order valence-electron chi connectivity index (χ1n) is 10.3. The van der Waals surface area contributed by atoms with Crippen LogP contribution in [0, 0.1) is 6.92 Å². The highest BCUT2D eigenvalue weighted by Crippen LogP contribution is 2.35. The Hall–Kier alpha value is -3.52. The highest BCUT2D eigenvalue weighted by atomic mass is 16.5. The molecule has 0 saturated carbocycles. The maximum Gasteiger partial charge on any atom is 0.251 e. The van der Waals surface area contributed by atoms with Crippen molar-refractivity contribution < 1.29 is 9.53 Å². The van der Waals surface area contributed by atoms with Gasteiger partial charge in [-0.2, -0.15) is 4.68 Å². The van der Waals surface area contributed by atoms with Crippen molar-refractivity contribution in [2.24, 2.45) is 0 Å². The number of carbonyl (C=O) groups is 1. The van der Waals surface area contributed by atoms with Gasteiger partial charge in [0.25, 0.3) is 5.95 Å². The predicted molar refractivity (Wildman–Crippen MR) is 118 cm³/mol. The lowest BCUT2D eigenvalue weighted by atomic mass is 10.00. The average molecular weight is 419 g/mol. The van der Waals surface area contributed by atoms with Gasteiger partial charge >= 0.3 is 0 Å². The molecule has 31 heavy (non-hydrogen) atoms. The van der Waals surface area contributed by atoms with E-state index in [-0.39, 0.29) is 18.5 Å². The molecule has 0 unspecified atom stereocenters. The molecule has 3 aromatic rings. The minimum Gasteiger partial charge on any atom is -0.385 e. The number of anilines is 1. The number of nitrogens with one attached hydrogen (secondary N) is 1. The van der Waals surface area contributed by atoms with Gasteiger partial charge in [-0.1, -0.05) is 65.3 Å². The summed E-state index contributed by atoms with van der Waals surface area (Å²) < 4.78 is 6.80. The van der Waals surface area contributed by atoms with E-state index in [9.17, 15) is 4.79 Å². The molecule has 0 radical (unpaired) electrons. The van der Waals surface area contributed by atoms with Crippen LogP contribution in [0.5, 0.6) is 0 Å². The molecule has 1 aliphatic rings. The molecule has 2 heterocycles. The Labute approximate surface area is 181 Å². The van der Waals surface area contributed by atoms with Gasteiger partial charge in [-0.25, -0.2) is 0 Å². The van der Waals surface area contributed by atoms with Crippen LogP contribution >= 0.6 is 0 Å². The monoisotopic (exact) mass is 418 g/mol. The number of aromatic nitrogens is 4. The van der Waals surface area contributed by atoms with Crippen molar-refractivity contribution in [3.8, 4) is 0 Å². The van der Waals surface area contributed by atoms with Gasteiger partial charge in [-0.05, 0) is 41.0 Å². The van der Waals surface area contributed by atoms with Gasteiger partial charge in [-0.3, -0.25) is 9.69 Å². The maximum atomic E-state index is 12.7. The third kappa shape index (κ3) is 4.64. The Morgan fingerprint density at radius 2 is 1.90 bits per heavy atom. The number of amides is 1. The standard InChI is InChI=1S/C23H26N6O2/c1-17-9-11-19(12-10-17)21-15-20(18-7-4-3-5-8-18)28(23-25-26-27-29(21)23)16-22(30)24-13-6-14-31-2/h3-5,7-12,15,21H,6,13-14,16H2,1-2H3,(H,24,30)/t21-/m1/s1. The zero-order valence-electron chi connectivity index (χ0n) is 17.7. The van der Waals surface area contributed by atoms with Crippen LogP contribution in [0.3, 0.4) is 0 Å². The van der Waals surface area contributed by atoms with Crippen molar-refractivity contribution in [1.29, 1.82) is 0 Å². The summed E-state index contributed by atoms with van der Waals surface area (Å²) in [6, 6.07) is 18.2. The topological polar surface area (TPSA) is 85.2 Å². The van der Waals surface area contributed by atoms with Crippen LogP contribution in [0.15, 0.2) is 60.7 Å². The zero-order valence-corrected chi connectivity index (χ0v) is 17.7. The molecule has 8 nitrogen and oxygen atoms in total. The second-order valence-corrected chi connectivity index (χ2v) is 7.48. The Kier molecular flexibility index (Phi) is 6.37. The number of hydrogen-bond acceptors (Lipinski definition) is 6. The summed E-state index contributed by atoms with van der Waals surface area (Å²) >= 11 is 0. The highest BCUT2D eigenvalue weighted by Gasteiger charge is 2.31. The van der Waals surface area contributed by atoms with E-state index in [1.807, 2.05) is 35.2 Å². The van der Waals surface area contributed by atoms with E-state index >= 15 is 0 Å². The van der Waals surface area contributed by atoms with Crippen LogP contribution in [0.25, 0.3) is 5.70 Å². The van der Waals surface area contributed by atoms with Crippen LogP contribution in [-0.4, -0.2) is 52.9 Å². The molecular weight excluding hydrogens is 392 g/mol. The van der Waals surface area contributed by atoms with E-state index in [0.29, 0.717) is 19.1 Å². The fourth-order valence-corrected chi connectivity index (χ4v) is 3.63. The molecule has 4 rings (SSSR count). The van der Waals surface area contributed by atoms with E-state index in [1.54, 1.807) is 11.8 Å². The summed E-state index contributed by atoms with van der Waals surface area (Å²) in [6.45, 7) is 3.34. The number of fused-ring (bicyclic) bond motifs is 1. The van der Waals surface area contributed by atoms with E-state index < -0.39 is 0 Å². The number of aryl methyl sites for hydroxylation is 1. The van der Waals surface area contributed by atoms with Crippen LogP contribution < -0.4 is 10.2 Å². The van der Waals surface area contributed by atoms with E-state index in [0.717, 1.165) is 23.2 Å². The fraction of sp³-hybridized carbons (Fsp3) is 0.304. The SMILES string of the molecule is COCCCNC(=O)CN1C(c2ccccc2)=C[C@H](c2ccc(C)cc2)n2nnnc21. The molecule has 1 aromatic heterocycles. The molecule has 1 aliphatic heterocycles. The van der Waals surface area contributed by atoms with Crippen molar-refractivity contribution in [2.45, 2.75) is 19.4 Å². The normalized spacial score (nSPS) is 15.4. The van der Waals surface area contributed by atoms with Crippen LogP contribution in [-0.2, 0) is 9.53 Å². The summed E-state index contributed by atoms with van der Waals surface area (Å²) in [5, 5.41) is 15.3. The maximum absolute atomic E-state index is 12.7. The van der Waals surface area contributed by atoms with E-state index in [4.69, 9.17) is 4.74 Å². The van der Waals surface area contributed by atoms with Crippen LogP contribution in [0.4, 0.5) is 5.95 Å². The summed E-state index contributed by atoms with van der Waals surface area (Å²) in [5.41, 5.74) is 4.17. The second-order valence-electron chi connectivity index (χ2n) is 7.48. The second kappa shape index (κ2) is 9.53. The van der Waals surface area contributed by atoms with Crippen LogP contribution in [0.2, 0.25) is 0 Å². The molecule has 0 bridgehead atoms. The number of hydrogen-bond donors (Lipinski definition) is 1. The first-order chi connectivity index (χ1) is 15.2. The molecule has 2 aromatic carbocycles. The van der Waals surface area contributed by atoms with Gasteiger partial charge in [-0.15, -0.1) is 0 Å². The van der Waals surface area contributed by atoms with E-state index in [1.165, 1.54) is 5.56 Å². The lowest BCUT2D eigenvalue weighted by molar-refractivity contribution is -0.119. The van der Waals surface area contributed by atoms with Crippen molar-refractivity contribution in [2.75, 3.05) is 31.7 Å². The average Bonchev–Trinajstić information content (AvgIpc) is 3.28. The quantitative estimate of drug-likeness (QED) is 0.566. The number of methoxy groups -OCH3 is 1. The van der Waals surface area contributed by atoms with Gasteiger partial charge in [0.1, 0.15) is 12.6 Å². The van der Waals surface area contributed by atoms with Gasteiger partial charge in [0.2, 0.25) is 5.91 Å². The Morgan fingerprint density at radius 3 is 2.65 bits per heavy atom. The van der Waals surface area contributed by atoms with Crippen molar-refractivity contribution in [1.82, 2.24) is 25.5 Å². The minimum atomic E-state index is -0.165. The fourth-order valence-electron chi connectivity index (χ4n) is 3.63. The third-order valence-corrected chi connectivity index (χ3v) is 5.22. The summed E-state index contributed by atoms with van der Waals surface area (Å²) in [4.78, 5) is 14.5. The first-order valence-corrected chi connectivity index (χ1v) is 10.3. The lowest BCUT2D eigenvalue weighted by Gasteiger charge is -2.32. The number of ether oxygens (including phenoxy) is 1. The molecule has 160 valence electrons. The molecule has 0 saturated heterocycles. The zero-order chi connectivity index (χ0) is 21.6. The Balaban J connectivity index is 1.68. The number of benzene rings is 2. The van der Waals surface area contributed by atoms with Gasteiger partial charge < -0.3 is 10.1 Å². The molecule has 1 N–H and O–H groups in total. The summed E-state index contributed by atoms with van der Waals surface area (Å²) in [7, 11) is 1.65. The molecule has 1 amide bonds. The molecule has 0 aliphatic carbocycles. The molecule has 1 atom stereocenters. The predicted octanol–water partition coefficient (Wildman–Crippen LogP) is 2.58. The lowest BCUT2D eigenvalue weighted by Crippen LogP contribution is -2.40.